The molecule has 0 N–H and O–H groups in total. The molecule has 0 aliphatic carbocycles. The second-order valence-corrected chi connectivity index (χ2v) is 10.5. The van der Waals surface area contributed by atoms with Crippen LogP contribution >= 0.6 is 7.26 Å². The average Bonchev–Trinajstić information content (AvgIpc) is 2.75. The van der Waals surface area contributed by atoms with Crippen LogP contribution < -0.4 is 26.3 Å². The maximum absolute atomic E-state index is 12.5. The molecule has 4 aromatic carbocycles. The zero-order valence-corrected chi connectivity index (χ0v) is 17.1. The smallest absolute Gasteiger partial charge is 0.144 e. The highest BCUT2D eigenvalue weighted by Crippen LogP contribution is 2.54. The highest BCUT2D eigenvalue weighted by Gasteiger charge is 2.47. The second kappa shape index (κ2) is 7.62. The van der Waals surface area contributed by atoms with Crippen LogP contribution in [0.5, 0.6) is 5.75 Å². The highest BCUT2D eigenvalue weighted by molar-refractivity contribution is 8.01. The van der Waals surface area contributed by atoms with Crippen molar-refractivity contribution in [2.45, 2.75) is 13.8 Å². The molecule has 0 amide bonds. The maximum Gasteiger partial charge on any atom is 0.144 e. The Morgan fingerprint density at radius 2 is 0.821 bits per heavy atom. The summed E-state index contributed by atoms with van der Waals surface area (Å²) in [6.07, 6.45) is 0. The van der Waals surface area contributed by atoms with Crippen molar-refractivity contribution in [3.63, 3.8) is 0 Å². The first kappa shape index (κ1) is 18.5. The van der Waals surface area contributed by atoms with E-state index < -0.39 is 7.26 Å². The van der Waals surface area contributed by atoms with Crippen molar-refractivity contribution in [3.8, 4) is 5.75 Å². The van der Waals surface area contributed by atoms with Crippen LogP contribution in [0, 0.1) is 13.8 Å². The quantitative estimate of drug-likeness (QED) is 0.490. The molecule has 1 nitrogen and oxygen atoms in total. The van der Waals surface area contributed by atoms with Gasteiger partial charge in [0.15, 0.2) is 0 Å². The second-order valence-electron chi connectivity index (χ2n) is 7.09. The molecule has 0 spiro atoms. The minimum Gasteiger partial charge on any atom is -0.872 e. The van der Waals surface area contributed by atoms with Crippen LogP contribution in [0.3, 0.4) is 0 Å². The molecule has 0 aliphatic heterocycles. The summed E-state index contributed by atoms with van der Waals surface area (Å²) in [5, 5.41) is 17.6. The normalized spacial score (nSPS) is 11.4. The summed E-state index contributed by atoms with van der Waals surface area (Å²) in [7, 11) is -2.12. The van der Waals surface area contributed by atoms with Crippen LogP contribution in [0.1, 0.15) is 11.1 Å². The standard InChI is InChI=1S/C26H23OP/c1-20-18-25(19-21(2)26(20)27)28(22-12-6-3-7-13-22,23-14-8-4-9-15-23)24-16-10-5-11-17-24/h3-19H,1-2H3. The third-order valence-electron chi connectivity index (χ3n) is 5.26. The van der Waals surface area contributed by atoms with Gasteiger partial charge in [0.1, 0.15) is 28.5 Å². The van der Waals surface area contributed by atoms with Crippen LogP contribution in [-0.2, 0) is 0 Å². The van der Waals surface area contributed by atoms with E-state index >= 15 is 0 Å². The lowest BCUT2D eigenvalue weighted by Crippen LogP contribution is -2.39. The van der Waals surface area contributed by atoms with E-state index in [1.54, 1.807) is 0 Å². The molecule has 0 radical (unpaired) electrons. The van der Waals surface area contributed by atoms with E-state index in [1.165, 1.54) is 21.2 Å². The van der Waals surface area contributed by atoms with Crippen molar-refractivity contribution in [3.05, 3.63) is 114 Å². The fourth-order valence-corrected chi connectivity index (χ4v) is 8.39. The zero-order valence-electron chi connectivity index (χ0n) is 16.2. The highest BCUT2D eigenvalue weighted by atomic mass is 31.2. The molecule has 0 saturated carbocycles. The maximum atomic E-state index is 12.5. The lowest BCUT2D eigenvalue weighted by molar-refractivity contribution is -0.270. The Bertz CT molecular complexity index is 954. The average molecular weight is 382 g/mol. The van der Waals surface area contributed by atoms with E-state index in [4.69, 9.17) is 0 Å². The van der Waals surface area contributed by atoms with Crippen molar-refractivity contribution >= 4 is 28.5 Å². The van der Waals surface area contributed by atoms with Gasteiger partial charge in [-0.1, -0.05) is 65.7 Å². The number of benzene rings is 4. The van der Waals surface area contributed by atoms with Gasteiger partial charge in [0.25, 0.3) is 0 Å². The molecule has 138 valence electrons. The summed E-state index contributed by atoms with van der Waals surface area (Å²) in [5.74, 6) is 0.135. The van der Waals surface area contributed by atoms with Crippen molar-refractivity contribution < 1.29 is 5.11 Å². The van der Waals surface area contributed by atoms with Gasteiger partial charge in [0, 0.05) is 0 Å². The molecular weight excluding hydrogens is 359 g/mol. The number of rotatable bonds is 4. The molecule has 0 unspecified atom stereocenters. The molecule has 0 fully saturated rings. The van der Waals surface area contributed by atoms with E-state index in [-0.39, 0.29) is 5.75 Å². The molecule has 0 heterocycles. The summed E-state index contributed by atoms with van der Waals surface area (Å²) < 4.78 is 0. The van der Waals surface area contributed by atoms with E-state index in [0.717, 1.165) is 11.1 Å². The third kappa shape index (κ3) is 3.03. The number of hydrogen-bond donors (Lipinski definition) is 0. The fraction of sp³-hybridized carbons (Fsp3) is 0.0769. The molecule has 4 aromatic rings. The summed E-state index contributed by atoms with van der Waals surface area (Å²) in [4.78, 5) is 0. The first-order valence-electron chi connectivity index (χ1n) is 9.49. The fourth-order valence-electron chi connectivity index (χ4n) is 3.97. The Kier molecular flexibility index (Phi) is 5.03. The topological polar surface area (TPSA) is 23.1 Å². The number of hydrogen-bond acceptors (Lipinski definition) is 1. The van der Waals surface area contributed by atoms with E-state index in [2.05, 4.69) is 103 Å². The van der Waals surface area contributed by atoms with Crippen LogP contribution in [-0.4, -0.2) is 0 Å². The molecule has 0 bridgehead atoms. The summed E-state index contributed by atoms with van der Waals surface area (Å²) >= 11 is 0. The monoisotopic (exact) mass is 382 g/mol. The van der Waals surface area contributed by atoms with Crippen molar-refractivity contribution in [1.82, 2.24) is 0 Å². The molecule has 0 saturated heterocycles. The lowest BCUT2D eigenvalue weighted by Gasteiger charge is -2.29. The predicted octanol–water partition coefficient (Wildman–Crippen LogP) is 4.00. The Morgan fingerprint density at radius 1 is 0.500 bits per heavy atom. The molecule has 28 heavy (non-hydrogen) atoms. The van der Waals surface area contributed by atoms with Crippen molar-refractivity contribution in [2.75, 3.05) is 0 Å². The first-order chi connectivity index (χ1) is 13.6. The largest absolute Gasteiger partial charge is 0.872 e. The molecular formula is C26H23OP. The van der Waals surface area contributed by atoms with Gasteiger partial charge in [-0.2, -0.15) is 0 Å². The van der Waals surface area contributed by atoms with Crippen molar-refractivity contribution in [1.29, 1.82) is 0 Å². The molecule has 2 heteroatoms. The Labute approximate surface area is 167 Å². The molecule has 0 atom stereocenters. The first-order valence-corrected chi connectivity index (χ1v) is 11.3. The SMILES string of the molecule is Cc1cc([P+](c2ccccc2)(c2ccccc2)c2ccccc2)cc(C)c1[O-]. The lowest BCUT2D eigenvalue weighted by atomic mass is 10.1. The van der Waals surface area contributed by atoms with Gasteiger partial charge in [0.2, 0.25) is 0 Å². The van der Waals surface area contributed by atoms with Gasteiger partial charge in [-0.05, 0) is 62.4 Å². The van der Waals surface area contributed by atoms with Crippen LogP contribution in [0.25, 0.3) is 0 Å². The minimum absolute atomic E-state index is 0.135. The summed E-state index contributed by atoms with van der Waals surface area (Å²) in [6, 6.07) is 36.4. The van der Waals surface area contributed by atoms with Gasteiger partial charge < -0.3 is 5.11 Å². The summed E-state index contributed by atoms with van der Waals surface area (Å²) in [5.41, 5.74) is 1.62. The van der Waals surface area contributed by atoms with E-state index in [0.29, 0.717) is 0 Å². The van der Waals surface area contributed by atoms with Crippen molar-refractivity contribution in [2.24, 2.45) is 0 Å². The van der Waals surface area contributed by atoms with Gasteiger partial charge in [-0.25, -0.2) is 0 Å². The Hall–Kier alpha value is -2.89. The third-order valence-corrected chi connectivity index (χ3v) is 9.51. The van der Waals surface area contributed by atoms with Crippen LogP contribution in [0.2, 0.25) is 0 Å². The Balaban J connectivity index is 2.17. The summed E-state index contributed by atoms with van der Waals surface area (Å²) in [6.45, 7) is 3.85. The predicted molar refractivity (Wildman–Crippen MR) is 120 cm³/mol. The van der Waals surface area contributed by atoms with E-state index in [1.807, 2.05) is 13.8 Å². The van der Waals surface area contributed by atoms with Crippen LogP contribution in [0.15, 0.2) is 103 Å². The molecule has 0 aliphatic rings. The van der Waals surface area contributed by atoms with E-state index in [9.17, 15) is 5.11 Å². The van der Waals surface area contributed by atoms with Gasteiger partial charge in [0.05, 0.1) is 0 Å². The van der Waals surface area contributed by atoms with Gasteiger partial charge in [-0.15, -0.1) is 5.75 Å². The molecule has 0 aromatic heterocycles. The van der Waals surface area contributed by atoms with Crippen LogP contribution in [0.4, 0.5) is 0 Å². The molecule has 4 rings (SSSR count). The van der Waals surface area contributed by atoms with Gasteiger partial charge in [-0.3, -0.25) is 0 Å². The zero-order chi connectivity index (χ0) is 19.6. The minimum atomic E-state index is -2.12. The number of aryl methyl sites for hydroxylation is 2. The Morgan fingerprint density at radius 3 is 1.14 bits per heavy atom. The van der Waals surface area contributed by atoms with Gasteiger partial charge >= 0.3 is 0 Å².